The second-order valence-electron chi connectivity index (χ2n) is 13.0. The molecular weight excluding hydrogens is 648 g/mol. The quantitative estimate of drug-likeness (QED) is 0.107. The maximum absolute atomic E-state index is 12.5. The number of alkyl carbamates (subject to hydrolysis) is 1. The second-order valence-corrected chi connectivity index (χ2v) is 13.0. The molecule has 0 fully saturated rings. The average Bonchev–Trinajstić information content (AvgIpc) is 3.49. The first-order valence-electron chi connectivity index (χ1n) is 17.3. The summed E-state index contributed by atoms with van der Waals surface area (Å²) in [4.78, 5) is 57.3. The number of nitrogen functional groups attached to an aromatic ring is 1. The summed E-state index contributed by atoms with van der Waals surface area (Å²) in [5, 5.41) is 11.6. The van der Waals surface area contributed by atoms with Gasteiger partial charge in [-0.1, -0.05) is 75.7 Å². The van der Waals surface area contributed by atoms with Crippen molar-refractivity contribution in [2.75, 3.05) is 18.9 Å². The number of hydrogen-bond donors (Lipinski definition) is 5. The number of aryl methyl sites for hydroxylation is 1. The third-order valence-electron chi connectivity index (χ3n) is 8.79. The standard InChI is InChI=1S/C38H46N8O5/c1-4-5-10-31-45-34-35(29-8-6-7-9-30(29)44-36(34)39)46(31)21-26-13-11-25(12-14-26)19-41-38(50)51-22-27-15-17-28(18-16-27)43-32(48)20-40-37(49)33(24(2)3)42-23-47/h6-9,11-15,17,23-24,33H,4-5,10,16,18-22H2,1-3H3,(H2,39,44)(H,40,49)(H,41,50)(H,42,47)(H,43,48). The van der Waals surface area contributed by atoms with E-state index in [0.717, 1.165) is 63.7 Å². The number of benzene rings is 2. The molecule has 0 radical (unpaired) electrons. The summed E-state index contributed by atoms with van der Waals surface area (Å²) in [6, 6.07) is 15.4. The minimum atomic E-state index is -0.711. The number of hydrogen-bond acceptors (Lipinski definition) is 8. The van der Waals surface area contributed by atoms with Gasteiger partial charge in [0.1, 0.15) is 24.0 Å². The summed E-state index contributed by atoms with van der Waals surface area (Å²) < 4.78 is 7.68. The van der Waals surface area contributed by atoms with Crippen LogP contribution in [-0.2, 0) is 38.6 Å². The van der Waals surface area contributed by atoms with Gasteiger partial charge in [0, 0.05) is 30.6 Å². The Kier molecular flexibility index (Phi) is 12.4. The van der Waals surface area contributed by atoms with Gasteiger partial charge in [-0.3, -0.25) is 14.4 Å². The van der Waals surface area contributed by atoms with Gasteiger partial charge in [0.2, 0.25) is 18.2 Å². The van der Waals surface area contributed by atoms with Crippen LogP contribution >= 0.6 is 0 Å². The Hall–Kier alpha value is -5.72. The number of allylic oxidation sites excluding steroid dienone is 3. The van der Waals surface area contributed by atoms with Gasteiger partial charge >= 0.3 is 6.09 Å². The Morgan fingerprint density at radius 1 is 1.00 bits per heavy atom. The number of nitrogens with two attached hydrogens (primary N) is 1. The Morgan fingerprint density at radius 3 is 2.47 bits per heavy atom. The molecule has 0 aliphatic heterocycles. The van der Waals surface area contributed by atoms with Gasteiger partial charge in [-0.05, 0) is 54.0 Å². The first-order chi connectivity index (χ1) is 24.7. The number of nitrogens with zero attached hydrogens (tertiary/aromatic N) is 3. The molecule has 0 bridgehead atoms. The number of unbranched alkanes of at least 4 members (excludes halogenated alkanes) is 1. The van der Waals surface area contributed by atoms with E-state index in [9.17, 15) is 19.2 Å². The minimum Gasteiger partial charge on any atom is -0.445 e. The highest BCUT2D eigenvalue weighted by atomic mass is 16.5. The number of aromatic nitrogens is 3. The molecule has 4 amide bonds. The molecule has 6 N–H and O–H groups in total. The van der Waals surface area contributed by atoms with Crippen LogP contribution in [0.4, 0.5) is 10.6 Å². The van der Waals surface area contributed by atoms with E-state index in [1.807, 2.05) is 36.4 Å². The highest BCUT2D eigenvalue weighted by molar-refractivity contribution is 6.06. The number of rotatable bonds is 16. The molecule has 4 aromatic rings. The molecule has 0 spiro atoms. The SMILES string of the molecule is CCCCc1nc2c(N)nc3ccccc3c2n1Cc1ccc(CNC(=O)OCC2=CC=C(NC(=O)CNC(=O)C(NC=O)C(C)C)CC2)cc1. The maximum Gasteiger partial charge on any atom is 0.407 e. The predicted molar refractivity (Wildman–Crippen MR) is 196 cm³/mol. The van der Waals surface area contributed by atoms with Crippen LogP contribution in [0.3, 0.4) is 0 Å². The molecule has 1 atom stereocenters. The number of amides is 4. The second kappa shape index (κ2) is 17.3. The highest BCUT2D eigenvalue weighted by Gasteiger charge is 2.22. The molecule has 1 aliphatic carbocycles. The van der Waals surface area contributed by atoms with Crippen LogP contribution in [0.2, 0.25) is 0 Å². The number of imidazole rings is 1. The molecule has 2 aromatic carbocycles. The largest absolute Gasteiger partial charge is 0.445 e. The lowest BCUT2D eigenvalue weighted by atomic mass is 10.0. The van der Waals surface area contributed by atoms with Crippen molar-refractivity contribution in [2.24, 2.45) is 5.92 Å². The monoisotopic (exact) mass is 694 g/mol. The van der Waals surface area contributed by atoms with E-state index in [0.29, 0.717) is 43.9 Å². The fourth-order valence-electron chi connectivity index (χ4n) is 5.98. The van der Waals surface area contributed by atoms with Crippen molar-refractivity contribution in [1.82, 2.24) is 35.8 Å². The number of fused-ring (bicyclic) bond motifs is 3. The highest BCUT2D eigenvalue weighted by Crippen LogP contribution is 2.30. The fourth-order valence-corrected chi connectivity index (χ4v) is 5.98. The van der Waals surface area contributed by atoms with Crippen LogP contribution < -0.4 is 27.0 Å². The van der Waals surface area contributed by atoms with Gasteiger partial charge < -0.3 is 36.3 Å². The van der Waals surface area contributed by atoms with E-state index in [1.54, 1.807) is 19.9 Å². The van der Waals surface area contributed by atoms with E-state index < -0.39 is 18.0 Å². The van der Waals surface area contributed by atoms with Crippen LogP contribution in [0, 0.1) is 5.92 Å². The van der Waals surface area contributed by atoms with E-state index in [1.165, 1.54) is 0 Å². The molecular formula is C38H46N8O5. The Bertz CT molecular complexity index is 1950. The summed E-state index contributed by atoms with van der Waals surface area (Å²) in [7, 11) is 0. The molecule has 13 heteroatoms. The number of anilines is 1. The molecule has 0 saturated carbocycles. The third-order valence-corrected chi connectivity index (χ3v) is 8.79. The normalized spacial score (nSPS) is 13.3. The van der Waals surface area contributed by atoms with Gasteiger partial charge in [-0.15, -0.1) is 0 Å². The number of carbonyl (C=O) groups excluding carboxylic acids is 4. The molecule has 2 heterocycles. The predicted octanol–water partition coefficient (Wildman–Crippen LogP) is 4.39. The average molecular weight is 695 g/mol. The van der Waals surface area contributed by atoms with E-state index in [2.05, 4.69) is 55.9 Å². The summed E-state index contributed by atoms with van der Waals surface area (Å²) in [6.45, 7) is 6.63. The fraction of sp³-hybridized carbons (Fsp3) is 0.368. The first kappa shape index (κ1) is 36.6. The lowest BCUT2D eigenvalue weighted by molar-refractivity contribution is -0.128. The van der Waals surface area contributed by atoms with Crippen molar-refractivity contribution in [2.45, 2.75) is 72.0 Å². The Labute approximate surface area is 297 Å². The smallest absolute Gasteiger partial charge is 0.407 e. The first-order valence-corrected chi connectivity index (χ1v) is 17.3. The maximum atomic E-state index is 12.5. The summed E-state index contributed by atoms with van der Waals surface area (Å²) in [6.07, 6.45) is 7.62. The van der Waals surface area contributed by atoms with Crippen molar-refractivity contribution in [3.8, 4) is 0 Å². The van der Waals surface area contributed by atoms with Gasteiger partial charge in [0.15, 0.2) is 5.82 Å². The minimum absolute atomic E-state index is 0.121. The zero-order valence-corrected chi connectivity index (χ0v) is 29.3. The van der Waals surface area contributed by atoms with Crippen LogP contribution in [0.25, 0.3) is 21.9 Å². The zero-order chi connectivity index (χ0) is 36.3. The van der Waals surface area contributed by atoms with E-state index in [-0.39, 0.29) is 25.0 Å². The lowest BCUT2D eigenvalue weighted by Gasteiger charge is -2.19. The number of carbonyl (C=O) groups is 4. The summed E-state index contributed by atoms with van der Waals surface area (Å²) in [5.74, 6) is 0.510. The van der Waals surface area contributed by atoms with E-state index >= 15 is 0 Å². The van der Waals surface area contributed by atoms with Gasteiger partial charge in [-0.25, -0.2) is 14.8 Å². The molecule has 1 unspecified atom stereocenters. The van der Waals surface area contributed by atoms with Crippen molar-refractivity contribution in [3.63, 3.8) is 0 Å². The Morgan fingerprint density at radius 2 is 1.76 bits per heavy atom. The summed E-state index contributed by atoms with van der Waals surface area (Å²) >= 11 is 0. The molecule has 0 saturated heterocycles. The molecule has 5 rings (SSSR count). The van der Waals surface area contributed by atoms with Crippen molar-refractivity contribution in [3.05, 3.63) is 88.9 Å². The molecule has 13 nitrogen and oxygen atoms in total. The van der Waals surface area contributed by atoms with Crippen LogP contribution in [0.1, 0.15) is 63.4 Å². The Balaban J connectivity index is 1.10. The summed E-state index contributed by atoms with van der Waals surface area (Å²) in [5.41, 5.74) is 12.6. The van der Waals surface area contributed by atoms with Crippen molar-refractivity contribution < 1.29 is 23.9 Å². The molecule has 1 aliphatic rings. The van der Waals surface area contributed by atoms with Gasteiger partial charge in [0.25, 0.3) is 0 Å². The van der Waals surface area contributed by atoms with Gasteiger partial charge in [-0.2, -0.15) is 0 Å². The van der Waals surface area contributed by atoms with Crippen molar-refractivity contribution in [1.29, 1.82) is 0 Å². The van der Waals surface area contributed by atoms with Crippen LogP contribution in [0.15, 0.2) is 72.0 Å². The van der Waals surface area contributed by atoms with Gasteiger partial charge in [0.05, 0.1) is 17.6 Å². The lowest BCUT2D eigenvalue weighted by Crippen LogP contribution is -2.49. The van der Waals surface area contributed by atoms with Crippen molar-refractivity contribution >= 4 is 52.1 Å². The van der Waals surface area contributed by atoms with Crippen LogP contribution in [0.5, 0.6) is 0 Å². The third kappa shape index (κ3) is 9.50. The number of ether oxygens (including phenoxy) is 1. The molecule has 2 aromatic heterocycles. The zero-order valence-electron chi connectivity index (χ0n) is 29.3. The van der Waals surface area contributed by atoms with E-state index in [4.69, 9.17) is 15.5 Å². The van der Waals surface area contributed by atoms with Crippen LogP contribution in [-0.4, -0.2) is 58.0 Å². The molecule has 268 valence electrons. The number of para-hydroxylation sites is 1. The number of nitrogens with one attached hydrogen (secondary N) is 4. The number of pyridine rings is 1. The topological polar surface area (TPSA) is 182 Å². The molecule has 51 heavy (non-hydrogen) atoms.